The third-order valence-corrected chi connectivity index (χ3v) is 2.32. The highest BCUT2D eigenvalue weighted by molar-refractivity contribution is 5.91. The average molecular weight is 257 g/mol. The molecule has 0 amide bonds. The van der Waals surface area contributed by atoms with E-state index in [4.69, 9.17) is 4.74 Å². The molecule has 0 aromatic rings. The summed E-state index contributed by atoms with van der Waals surface area (Å²) in [6.07, 6.45) is 3.65. The lowest BCUT2D eigenvalue weighted by Gasteiger charge is -2.25. The minimum atomic E-state index is 0.107. The van der Waals surface area contributed by atoms with E-state index in [1.54, 1.807) is 6.08 Å². The van der Waals surface area contributed by atoms with Gasteiger partial charge in [0.15, 0.2) is 5.78 Å². The van der Waals surface area contributed by atoms with Gasteiger partial charge in [0, 0.05) is 25.6 Å². The van der Waals surface area contributed by atoms with E-state index < -0.39 is 0 Å². The molecule has 0 saturated carbocycles. The Morgan fingerprint density at radius 1 is 1.17 bits per heavy atom. The number of ketones is 1. The van der Waals surface area contributed by atoms with Crippen LogP contribution in [0, 0.1) is 5.92 Å². The molecule has 0 spiro atoms. The van der Waals surface area contributed by atoms with E-state index in [1.807, 2.05) is 47.6 Å². The Morgan fingerprint density at radius 3 is 2.11 bits per heavy atom. The Kier molecular flexibility index (Phi) is 15.7. The van der Waals surface area contributed by atoms with Gasteiger partial charge in [0.25, 0.3) is 0 Å². The zero-order chi connectivity index (χ0) is 14.4. The number of hydrogen-bond donors (Lipinski definition) is 0. The maximum absolute atomic E-state index is 11.3. The second-order valence-corrected chi connectivity index (χ2v) is 3.87. The van der Waals surface area contributed by atoms with E-state index in [1.165, 1.54) is 0 Å². The molecule has 1 heterocycles. The predicted octanol–water partition coefficient (Wildman–Crippen LogP) is 3.15. The summed E-state index contributed by atoms with van der Waals surface area (Å²) < 4.78 is 5.23. The number of hydrogen-bond acceptors (Lipinski definition) is 3. The standard InChI is InChI=1S/C11H19NO2.2C2H6/c1-10(2)11(13)4-3-5-12-6-8-14-9-7-12;2*1-2/h3-4,10H,5-9H2,1-2H3;2*1-2H3/b4-3+;;. The first-order chi connectivity index (χ1) is 8.70. The first kappa shape index (κ1) is 19.7. The molecule has 0 N–H and O–H groups in total. The number of allylic oxidation sites excluding steroid dienone is 1. The Hall–Kier alpha value is -0.670. The van der Waals surface area contributed by atoms with Crippen LogP contribution in [0.1, 0.15) is 41.5 Å². The van der Waals surface area contributed by atoms with Crippen LogP contribution in [-0.4, -0.2) is 43.5 Å². The summed E-state index contributed by atoms with van der Waals surface area (Å²) in [4.78, 5) is 13.5. The fourth-order valence-corrected chi connectivity index (χ4v) is 1.29. The fraction of sp³-hybridized carbons (Fsp3) is 0.800. The largest absolute Gasteiger partial charge is 0.379 e. The van der Waals surface area contributed by atoms with Crippen molar-refractivity contribution in [3.8, 4) is 0 Å². The van der Waals surface area contributed by atoms with Gasteiger partial charge >= 0.3 is 0 Å². The van der Waals surface area contributed by atoms with Crippen molar-refractivity contribution >= 4 is 5.78 Å². The summed E-state index contributed by atoms with van der Waals surface area (Å²) >= 11 is 0. The van der Waals surface area contributed by atoms with Crippen molar-refractivity contribution in [2.24, 2.45) is 5.92 Å². The number of carbonyl (C=O) groups is 1. The van der Waals surface area contributed by atoms with E-state index in [-0.39, 0.29) is 11.7 Å². The Bertz CT molecular complexity index is 207. The molecule has 0 aliphatic carbocycles. The van der Waals surface area contributed by atoms with Crippen molar-refractivity contribution in [1.29, 1.82) is 0 Å². The van der Waals surface area contributed by atoms with Crippen LogP contribution in [0.5, 0.6) is 0 Å². The van der Waals surface area contributed by atoms with Crippen molar-refractivity contribution in [2.75, 3.05) is 32.8 Å². The quantitative estimate of drug-likeness (QED) is 0.725. The van der Waals surface area contributed by atoms with Crippen molar-refractivity contribution < 1.29 is 9.53 Å². The molecular formula is C15H31NO2. The van der Waals surface area contributed by atoms with E-state index in [2.05, 4.69) is 4.90 Å². The summed E-state index contributed by atoms with van der Waals surface area (Å²) in [7, 11) is 0. The fourth-order valence-electron chi connectivity index (χ4n) is 1.29. The van der Waals surface area contributed by atoms with Crippen LogP contribution in [0.4, 0.5) is 0 Å². The van der Waals surface area contributed by atoms with E-state index in [9.17, 15) is 4.79 Å². The van der Waals surface area contributed by atoms with Crippen molar-refractivity contribution in [1.82, 2.24) is 4.90 Å². The highest BCUT2D eigenvalue weighted by atomic mass is 16.5. The smallest absolute Gasteiger partial charge is 0.157 e. The average Bonchev–Trinajstić information content (AvgIpc) is 2.44. The van der Waals surface area contributed by atoms with Gasteiger partial charge < -0.3 is 4.74 Å². The lowest BCUT2D eigenvalue weighted by Crippen LogP contribution is -2.36. The topological polar surface area (TPSA) is 29.5 Å². The highest BCUT2D eigenvalue weighted by Crippen LogP contribution is 1.98. The molecule has 0 radical (unpaired) electrons. The summed E-state index contributed by atoms with van der Waals surface area (Å²) in [6.45, 7) is 16.3. The number of morpholine rings is 1. The summed E-state index contributed by atoms with van der Waals surface area (Å²) in [6, 6.07) is 0. The molecule has 0 unspecified atom stereocenters. The Morgan fingerprint density at radius 2 is 1.67 bits per heavy atom. The molecule has 1 rings (SSSR count). The van der Waals surface area contributed by atoms with Crippen molar-refractivity contribution in [2.45, 2.75) is 41.5 Å². The normalized spacial score (nSPS) is 15.7. The van der Waals surface area contributed by atoms with Gasteiger partial charge in [-0.05, 0) is 6.08 Å². The second-order valence-electron chi connectivity index (χ2n) is 3.87. The SMILES string of the molecule is CC.CC.CC(C)C(=O)/C=C/CN1CCOCC1. The number of ether oxygens (including phenoxy) is 1. The molecule has 0 atom stereocenters. The predicted molar refractivity (Wildman–Crippen MR) is 78.9 cm³/mol. The van der Waals surface area contributed by atoms with Gasteiger partial charge in [0.05, 0.1) is 13.2 Å². The maximum Gasteiger partial charge on any atom is 0.157 e. The van der Waals surface area contributed by atoms with Crippen LogP contribution in [0.2, 0.25) is 0 Å². The number of rotatable bonds is 4. The number of carbonyl (C=O) groups excluding carboxylic acids is 1. The van der Waals surface area contributed by atoms with Gasteiger partial charge in [-0.25, -0.2) is 0 Å². The molecule has 0 bridgehead atoms. The molecule has 1 aliphatic rings. The van der Waals surface area contributed by atoms with Crippen LogP contribution in [-0.2, 0) is 9.53 Å². The summed E-state index contributed by atoms with van der Waals surface area (Å²) in [5.74, 6) is 0.314. The van der Waals surface area contributed by atoms with Crippen molar-refractivity contribution in [3.63, 3.8) is 0 Å². The van der Waals surface area contributed by atoms with Crippen LogP contribution in [0.25, 0.3) is 0 Å². The van der Waals surface area contributed by atoms with Crippen LogP contribution in [0.3, 0.4) is 0 Å². The molecule has 1 saturated heterocycles. The van der Waals surface area contributed by atoms with Gasteiger partial charge in [-0.2, -0.15) is 0 Å². The van der Waals surface area contributed by atoms with E-state index in [0.717, 1.165) is 32.8 Å². The highest BCUT2D eigenvalue weighted by Gasteiger charge is 2.08. The molecular weight excluding hydrogens is 226 g/mol. The van der Waals surface area contributed by atoms with E-state index >= 15 is 0 Å². The van der Waals surface area contributed by atoms with Crippen molar-refractivity contribution in [3.05, 3.63) is 12.2 Å². The summed E-state index contributed by atoms with van der Waals surface area (Å²) in [5, 5.41) is 0. The van der Waals surface area contributed by atoms with E-state index in [0.29, 0.717) is 0 Å². The molecule has 0 aromatic heterocycles. The lowest BCUT2D eigenvalue weighted by atomic mass is 10.1. The minimum absolute atomic E-state index is 0.107. The third-order valence-electron chi connectivity index (χ3n) is 2.32. The first-order valence-electron chi connectivity index (χ1n) is 7.20. The number of nitrogens with zero attached hydrogens (tertiary/aromatic N) is 1. The minimum Gasteiger partial charge on any atom is -0.379 e. The van der Waals surface area contributed by atoms with Crippen LogP contribution in [0.15, 0.2) is 12.2 Å². The molecule has 108 valence electrons. The molecule has 3 heteroatoms. The zero-order valence-corrected chi connectivity index (χ0v) is 13.0. The third kappa shape index (κ3) is 10.5. The van der Waals surface area contributed by atoms with Gasteiger partial charge in [0.2, 0.25) is 0 Å². The zero-order valence-electron chi connectivity index (χ0n) is 13.0. The van der Waals surface area contributed by atoms with Crippen LogP contribution < -0.4 is 0 Å². The van der Waals surface area contributed by atoms with Gasteiger partial charge in [0.1, 0.15) is 0 Å². The molecule has 1 aliphatic heterocycles. The van der Waals surface area contributed by atoms with Gasteiger partial charge in [-0.3, -0.25) is 9.69 Å². The lowest BCUT2D eigenvalue weighted by molar-refractivity contribution is -0.117. The van der Waals surface area contributed by atoms with Crippen LogP contribution >= 0.6 is 0 Å². The Labute approximate surface area is 113 Å². The first-order valence-corrected chi connectivity index (χ1v) is 7.20. The monoisotopic (exact) mass is 257 g/mol. The molecule has 3 nitrogen and oxygen atoms in total. The summed E-state index contributed by atoms with van der Waals surface area (Å²) in [5.41, 5.74) is 0. The maximum atomic E-state index is 11.3. The second kappa shape index (κ2) is 14.4. The van der Waals surface area contributed by atoms with Gasteiger partial charge in [-0.1, -0.05) is 47.6 Å². The molecule has 1 fully saturated rings. The Balaban J connectivity index is 0. The molecule has 18 heavy (non-hydrogen) atoms. The van der Waals surface area contributed by atoms with Gasteiger partial charge in [-0.15, -0.1) is 0 Å². The molecule has 0 aromatic carbocycles.